The molecular formula is C13H10Cl2N2OS. The first kappa shape index (κ1) is 14.1. The molecule has 3 nitrogen and oxygen atoms in total. The van der Waals surface area contributed by atoms with Gasteiger partial charge in [0, 0.05) is 17.3 Å². The smallest absolute Gasteiger partial charge is 0.229 e. The number of nitrogens with zero attached hydrogens (tertiary/aromatic N) is 1. The number of rotatable bonds is 3. The molecule has 0 bridgehead atoms. The quantitative estimate of drug-likeness (QED) is 0.866. The monoisotopic (exact) mass is 312 g/mol. The molecule has 2 aromatic rings. The first-order chi connectivity index (χ1) is 8.99. The van der Waals surface area contributed by atoms with Gasteiger partial charge < -0.3 is 10.5 Å². The minimum Gasteiger partial charge on any atom is -0.437 e. The highest BCUT2D eigenvalue weighted by Crippen LogP contribution is 2.33. The largest absolute Gasteiger partial charge is 0.437 e. The van der Waals surface area contributed by atoms with E-state index < -0.39 is 0 Å². The third kappa shape index (κ3) is 3.15. The van der Waals surface area contributed by atoms with Gasteiger partial charge in [0.25, 0.3) is 0 Å². The van der Waals surface area contributed by atoms with Gasteiger partial charge in [-0.1, -0.05) is 35.4 Å². The Morgan fingerprint density at radius 3 is 2.74 bits per heavy atom. The molecular weight excluding hydrogens is 303 g/mol. The predicted molar refractivity (Wildman–Crippen MR) is 81.4 cm³/mol. The molecule has 0 fully saturated rings. The summed E-state index contributed by atoms with van der Waals surface area (Å²) in [4.78, 5) is 4.36. The number of ether oxygens (including phenoxy) is 1. The molecule has 0 aliphatic heterocycles. The molecule has 2 N–H and O–H groups in total. The lowest BCUT2D eigenvalue weighted by Gasteiger charge is -2.12. The first-order valence-corrected chi connectivity index (χ1v) is 6.54. The minimum atomic E-state index is 0.221. The second kappa shape index (κ2) is 5.74. The lowest BCUT2D eigenvalue weighted by Crippen LogP contribution is -2.13. The fraction of sp³-hybridized carbons (Fsp3) is 0.0769. The van der Waals surface area contributed by atoms with Gasteiger partial charge in [0.2, 0.25) is 5.88 Å². The molecule has 0 aliphatic carbocycles. The van der Waals surface area contributed by atoms with Crippen molar-refractivity contribution in [3.63, 3.8) is 0 Å². The number of thiocarbonyl (C=S) groups is 1. The van der Waals surface area contributed by atoms with E-state index in [4.69, 9.17) is 45.9 Å². The third-order valence-electron chi connectivity index (χ3n) is 2.47. The van der Waals surface area contributed by atoms with Crippen LogP contribution in [0, 0.1) is 6.92 Å². The average molecular weight is 313 g/mol. The molecule has 0 atom stereocenters. The number of pyridine rings is 1. The standard InChI is InChI=1S/C13H10Cl2N2OS/c1-7-4-5-17-13(11(7)12(16)19)18-10-6-8(14)2-3-9(10)15/h2-6H,1H3,(H2,16,19). The molecule has 0 saturated heterocycles. The van der Waals surface area contributed by atoms with E-state index >= 15 is 0 Å². The van der Waals surface area contributed by atoms with Crippen molar-refractivity contribution in [3.05, 3.63) is 51.6 Å². The fourth-order valence-electron chi connectivity index (χ4n) is 1.57. The van der Waals surface area contributed by atoms with Crippen molar-refractivity contribution in [2.75, 3.05) is 0 Å². The van der Waals surface area contributed by atoms with E-state index in [2.05, 4.69) is 4.98 Å². The van der Waals surface area contributed by atoms with Gasteiger partial charge in [-0.3, -0.25) is 0 Å². The Labute approximate surface area is 126 Å². The normalized spacial score (nSPS) is 10.3. The van der Waals surface area contributed by atoms with Crippen LogP contribution in [-0.4, -0.2) is 9.97 Å². The molecule has 1 heterocycles. The third-order valence-corrected chi connectivity index (χ3v) is 3.22. The van der Waals surface area contributed by atoms with Crippen LogP contribution in [0.2, 0.25) is 10.0 Å². The van der Waals surface area contributed by atoms with Crippen LogP contribution in [0.3, 0.4) is 0 Å². The number of hydrogen-bond acceptors (Lipinski definition) is 3. The molecule has 1 aromatic carbocycles. The Balaban J connectivity index is 2.46. The molecule has 0 unspecified atom stereocenters. The van der Waals surface area contributed by atoms with Gasteiger partial charge in [0.05, 0.1) is 10.6 Å². The van der Waals surface area contributed by atoms with Crippen LogP contribution in [0.4, 0.5) is 0 Å². The van der Waals surface area contributed by atoms with Crippen molar-refractivity contribution in [2.45, 2.75) is 6.92 Å². The molecule has 98 valence electrons. The van der Waals surface area contributed by atoms with Crippen molar-refractivity contribution in [3.8, 4) is 11.6 Å². The van der Waals surface area contributed by atoms with Gasteiger partial charge >= 0.3 is 0 Å². The molecule has 2 rings (SSSR count). The van der Waals surface area contributed by atoms with Crippen molar-refractivity contribution in [1.29, 1.82) is 0 Å². The Morgan fingerprint density at radius 2 is 2.05 bits per heavy atom. The van der Waals surface area contributed by atoms with E-state index in [1.54, 1.807) is 30.5 Å². The maximum absolute atomic E-state index is 6.04. The van der Waals surface area contributed by atoms with Crippen molar-refractivity contribution in [1.82, 2.24) is 4.98 Å². The van der Waals surface area contributed by atoms with Gasteiger partial charge in [0.15, 0.2) is 0 Å². The summed E-state index contributed by atoms with van der Waals surface area (Å²) in [6.07, 6.45) is 1.62. The highest BCUT2D eigenvalue weighted by atomic mass is 35.5. The average Bonchev–Trinajstić information content (AvgIpc) is 2.33. The minimum absolute atomic E-state index is 0.221. The van der Waals surface area contributed by atoms with Crippen molar-refractivity contribution >= 4 is 40.4 Å². The highest BCUT2D eigenvalue weighted by Gasteiger charge is 2.13. The van der Waals surface area contributed by atoms with Gasteiger partial charge in [-0.25, -0.2) is 4.98 Å². The molecule has 0 aliphatic rings. The van der Waals surface area contributed by atoms with E-state index in [-0.39, 0.29) is 4.99 Å². The Bertz CT molecular complexity index is 647. The van der Waals surface area contributed by atoms with Gasteiger partial charge in [0.1, 0.15) is 10.7 Å². The number of halogens is 2. The zero-order valence-electron chi connectivity index (χ0n) is 9.98. The maximum atomic E-state index is 6.04. The summed E-state index contributed by atoms with van der Waals surface area (Å²) in [5.41, 5.74) is 7.17. The van der Waals surface area contributed by atoms with Crippen LogP contribution in [0.25, 0.3) is 0 Å². The maximum Gasteiger partial charge on any atom is 0.229 e. The number of aryl methyl sites for hydroxylation is 1. The van der Waals surface area contributed by atoms with E-state index in [1.807, 2.05) is 6.92 Å². The van der Waals surface area contributed by atoms with Crippen molar-refractivity contribution < 1.29 is 4.74 Å². The molecule has 1 aromatic heterocycles. The summed E-state index contributed by atoms with van der Waals surface area (Å²) in [5, 5.41) is 0.950. The number of hydrogen-bond donors (Lipinski definition) is 1. The van der Waals surface area contributed by atoms with Crippen LogP contribution in [0.1, 0.15) is 11.1 Å². The summed E-state index contributed by atoms with van der Waals surface area (Å²) >= 11 is 17.0. The number of aromatic nitrogens is 1. The predicted octanol–water partition coefficient (Wildman–Crippen LogP) is 4.12. The van der Waals surface area contributed by atoms with Crippen LogP contribution in [-0.2, 0) is 0 Å². The molecule has 0 amide bonds. The van der Waals surface area contributed by atoms with E-state index in [9.17, 15) is 0 Å². The zero-order valence-corrected chi connectivity index (χ0v) is 12.3. The summed E-state index contributed by atoms with van der Waals surface area (Å²) in [6, 6.07) is 6.74. The summed E-state index contributed by atoms with van der Waals surface area (Å²) in [5.74, 6) is 0.724. The Kier molecular flexibility index (Phi) is 4.24. The fourth-order valence-corrected chi connectivity index (χ4v) is 2.14. The zero-order chi connectivity index (χ0) is 14.0. The SMILES string of the molecule is Cc1ccnc(Oc2cc(Cl)ccc2Cl)c1C(N)=S. The van der Waals surface area contributed by atoms with E-state index in [0.717, 1.165) is 5.56 Å². The Morgan fingerprint density at radius 1 is 1.32 bits per heavy atom. The van der Waals surface area contributed by atoms with Crippen LogP contribution in [0.5, 0.6) is 11.6 Å². The molecule has 19 heavy (non-hydrogen) atoms. The van der Waals surface area contributed by atoms with Crippen LogP contribution >= 0.6 is 35.4 Å². The second-order valence-corrected chi connectivity index (χ2v) is 5.13. The molecule has 6 heteroatoms. The van der Waals surface area contributed by atoms with Gasteiger partial charge in [-0.2, -0.15) is 0 Å². The van der Waals surface area contributed by atoms with E-state index in [1.165, 1.54) is 0 Å². The summed E-state index contributed by atoms with van der Waals surface area (Å²) in [7, 11) is 0. The summed E-state index contributed by atoms with van der Waals surface area (Å²) < 4.78 is 5.67. The highest BCUT2D eigenvalue weighted by molar-refractivity contribution is 7.80. The molecule has 0 radical (unpaired) electrons. The van der Waals surface area contributed by atoms with E-state index in [0.29, 0.717) is 27.2 Å². The Hall–Kier alpha value is -1.36. The second-order valence-electron chi connectivity index (χ2n) is 3.85. The molecule has 0 spiro atoms. The summed E-state index contributed by atoms with van der Waals surface area (Å²) in [6.45, 7) is 1.88. The van der Waals surface area contributed by atoms with Crippen LogP contribution in [0.15, 0.2) is 30.5 Å². The topological polar surface area (TPSA) is 48.1 Å². The van der Waals surface area contributed by atoms with Crippen molar-refractivity contribution in [2.24, 2.45) is 5.73 Å². The van der Waals surface area contributed by atoms with Gasteiger partial charge in [-0.05, 0) is 30.7 Å². The van der Waals surface area contributed by atoms with Gasteiger partial charge in [-0.15, -0.1) is 0 Å². The molecule has 0 saturated carbocycles. The lowest BCUT2D eigenvalue weighted by molar-refractivity contribution is 0.462. The number of nitrogens with two attached hydrogens (primary N) is 1. The first-order valence-electron chi connectivity index (χ1n) is 5.37. The van der Waals surface area contributed by atoms with Crippen LogP contribution < -0.4 is 10.5 Å². The number of benzene rings is 1. The lowest BCUT2D eigenvalue weighted by atomic mass is 10.1.